The van der Waals surface area contributed by atoms with Gasteiger partial charge in [-0.25, -0.2) is 4.79 Å². The number of hydrogen-bond acceptors (Lipinski definition) is 3. The fraction of sp³-hybridized carbons (Fsp3) is 0.412. The molecule has 0 bridgehead atoms. The summed E-state index contributed by atoms with van der Waals surface area (Å²) in [4.78, 5) is 14.1. The average Bonchev–Trinajstić information content (AvgIpc) is 3.13. The van der Waals surface area contributed by atoms with Gasteiger partial charge in [0.1, 0.15) is 6.10 Å². The van der Waals surface area contributed by atoms with Gasteiger partial charge >= 0.3 is 6.03 Å². The van der Waals surface area contributed by atoms with E-state index in [0.717, 1.165) is 18.5 Å². The van der Waals surface area contributed by atoms with Crippen molar-refractivity contribution in [3.63, 3.8) is 0 Å². The maximum Gasteiger partial charge on any atom is 0.317 e. The Kier molecular flexibility index (Phi) is 5.26. The summed E-state index contributed by atoms with van der Waals surface area (Å²) >= 11 is 0. The standard InChI is InChI=1S/C17H22N4O2/c22-17(18-8-4-10-21-11-5-9-19-21)20-12-13-23-16(14-20)15-6-2-1-3-7-15/h1-3,5-7,9,11,16H,4,8,10,12-14H2,(H,18,22). The van der Waals surface area contributed by atoms with Gasteiger partial charge in [0, 0.05) is 32.0 Å². The quantitative estimate of drug-likeness (QED) is 0.859. The topological polar surface area (TPSA) is 59.4 Å². The van der Waals surface area contributed by atoms with Gasteiger partial charge in [0.2, 0.25) is 0 Å². The van der Waals surface area contributed by atoms with Gasteiger partial charge in [0.25, 0.3) is 0 Å². The molecule has 0 spiro atoms. The van der Waals surface area contributed by atoms with Crippen LogP contribution in [0, 0.1) is 0 Å². The molecular weight excluding hydrogens is 292 g/mol. The molecule has 1 saturated heterocycles. The lowest BCUT2D eigenvalue weighted by molar-refractivity contribution is -0.0154. The molecule has 1 atom stereocenters. The predicted octanol–water partition coefficient (Wildman–Crippen LogP) is 2.06. The SMILES string of the molecule is O=C(NCCCn1cccn1)N1CCOC(c2ccccc2)C1. The first-order valence-electron chi connectivity index (χ1n) is 8.00. The Hall–Kier alpha value is -2.34. The zero-order valence-corrected chi connectivity index (χ0v) is 13.1. The second-order valence-corrected chi connectivity index (χ2v) is 5.57. The molecule has 0 radical (unpaired) electrons. The summed E-state index contributed by atoms with van der Waals surface area (Å²) in [5, 5.41) is 7.12. The Labute approximate surface area is 136 Å². The van der Waals surface area contributed by atoms with Gasteiger partial charge < -0.3 is 15.0 Å². The highest BCUT2D eigenvalue weighted by Gasteiger charge is 2.24. The minimum atomic E-state index is -0.0419. The van der Waals surface area contributed by atoms with Gasteiger partial charge in [-0.3, -0.25) is 4.68 Å². The molecule has 1 aliphatic rings. The average molecular weight is 314 g/mol. The number of urea groups is 1. The molecule has 23 heavy (non-hydrogen) atoms. The van der Waals surface area contributed by atoms with Gasteiger partial charge in [-0.05, 0) is 18.1 Å². The molecule has 2 amide bonds. The number of aromatic nitrogens is 2. The lowest BCUT2D eigenvalue weighted by Crippen LogP contribution is -2.47. The summed E-state index contributed by atoms with van der Waals surface area (Å²) in [5.41, 5.74) is 1.11. The molecule has 0 aliphatic carbocycles. The maximum atomic E-state index is 12.3. The number of benzene rings is 1. The number of hydrogen-bond donors (Lipinski definition) is 1. The van der Waals surface area contributed by atoms with Crippen molar-refractivity contribution >= 4 is 6.03 Å². The van der Waals surface area contributed by atoms with Crippen LogP contribution in [0.25, 0.3) is 0 Å². The third-order valence-corrected chi connectivity index (χ3v) is 3.92. The minimum absolute atomic E-state index is 0.0188. The Balaban J connectivity index is 1.43. The number of nitrogens with one attached hydrogen (secondary N) is 1. The van der Waals surface area contributed by atoms with Crippen LogP contribution in [0.1, 0.15) is 18.1 Å². The summed E-state index contributed by atoms with van der Waals surface area (Å²) in [5.74, 6) is 0. The van der Waals surface area contributed by atoms with Gasteiger partial charge in [0.15, 0.2) is 0 Å². The molecule has 122 valence electrons. The van der Waals surface area contributed by atoms with Crippen molar-refractivity contribution in [2.24, 2.45) is 0 Å². The zero-order chi connectivity index (χ0) is 15.9. The van der Waals surface area contributed by atoms with Crippen molar-refractivity contribution in [1.29, 1.82) is 0 Å². The lowest BCUT2D eigenvalue weighted by atomic mass is 10.1. The third-order valence-electron chi connectivity index (χ3n) is 3.92. The molecule has 2 aromatic rings. The van der Waals surface area contributed by atoms with E-state index in [4.69, 9.17) is 4.74 Å². The fourth-order valence-electron chi connectivity index (χ4n) is 2.68. The molecule has 1 aromatic heterocycles. The molecule has 1 N–H and O–H groups in total. The third kappa shape index (κ3) is 4.32. The maximum absolute atomic E-state index is 12.3. The molecule has 1 fully saturated rings. The van der Waals surface area contributed by atoms with Crippen molar-refractivity contribution in [3.8, 4) is 0 Å². The number of ether oxygens (including phenoxy) is 1. The Bertz CT molecular complexity index is 600. The van der Waals surface area contributed by atoms with Crippen molar-refractivity contribution in [2.75, 3.05) is 26.2 Å². The van der Waals surface area contributed by atoms with E-state index in [2.05, 4.69) is 10.4 Å². The number of aryl methyl sites for hydroxylation is 1. The normalized spacial score (nSPS) is 17.9. The number of carbonyl (C=O) groups excluding carboxylic acids is 1. The number of morpholine rings is 1. The Morgan fingerprint density at radius 1 is 1.30 bits per heavy atom. The summed E-state index contributed by atoms with van der Waals surface area (Å²) in [7, 11) is 0. The Morgan fingerprint density at radius 2 is 2.17 bits per heavy atom. The van der Waals surface area contributed by atoms with Gasteiger partial charge in [-0.2, -0.15) is 5.10 Å². The first-order chi connectivity index (χ1) is 11.3. The van der Waals surface area contributed by atoms with Gasteiger partial charge in [0.05, 0.1) is 13.2 Å². The first-order valence-corrected chi connectivity index (χ1v) is 8.00. The number of nitrogens with zero attached hydrogens (tertiary/aromatic N) is 3. The van der Waals surface area contributed by atoms with Crippen LogP contribution in [0.4, 0.5) is 4.79 Å². The molecule has 0 saturated carbocycles. The molecule has 1 unspecified atom stereocenters. The van der Waals surface area contributed by atoms with E-state index >= 15 is 0 Å². The van der Waals surface area contributed by atoms with Crippen LogP contribution in [-0.4, -0.2) is 47.0 Å². The van der Waals surface area contributed by atoms with E-state index in [1.807, 2.05) is 52.2 Å². The van der Waals surface area contributed by atoms with Crippen molar-refractivity contribution < 1.29 is 9.53 Å². The summed E-state index contributed by atoms with van der Waals surface area (Å²) in [6.07, 6.45) is 4.50. The molecule has 2 heterocycles. The minimum Gasteiger partial charge on any atom is -0.370 e. The molecule has 6 heteroatoms. The van der Waals surface area contributed by atoms with E-state index in [1.165, 1.54) is 0 Å². The zero-order valence-electron chi connectivity index (χ0n) is 13.1. The van der Waals surface area contributed by atoms with Crippen LogP contribution in [0.3, 0.4) is 0 Å². The molecular formula is C17H22N4O2. The van der Waals surface area contributed by atoms with E-state index in [1.54, 1.807) is 6.20 Å². The van der Waals surface area contributed by atoms with Gasteiger partial charge in [-0.1, -0.05) is 30.3 Å². The van der Waals surface area contributed by atoms with E-state index in [-0.39, 0.29) is 12.1 Å². The number of carbonyl (C=O) groups is 1. The van der Waals surface area contributed by atoms with Crippen LogP contribution < -0.4 is 5.32 Å². The highest BCUT2D eigenvalue weighted by atomic mass is 16.5. The van der Waals surface area contributed by atoms with Crippen LogP contribution in [0.2, 0.25) is 0 Å². The van der Waals surface area contributed by atoms with E-state index < -0.39 is 0 Å². The smallest absolute Gasteiger partial charge is 0.317 e. The van der Waals surface area contributed by atoms with E-state index in [9.17, 15) is 4.79 Å². The number of amides is 2. The molecule has 1 aliphatic heterocycles. The predicted molar refractivity (Wildman–Crippen MR) is 87.0 cm³/mol. The monoisotopic (exact) mass is 314 g/mol. The van der Waals surface area contributed by atoms with Crippen LogP contribution in [0.15, 0.2) is 48.8 Å². The number of rotatable bonds is 5. The van der Waals surface area contributed by atoms with Gasteiger partial charge in [-0.15, -0.1) is 0 Å². The Morgan fingerprint density at radius 3 is 2.96 bits per heavy atom. The first kappa shape index (κ1) is 15.6. The highest BCUT2D eigenvalue weighted by molar-refractivity contribution is 5.74. The summed E-state index contributed by atoms with van der Waals surface area (Å²) in [6.45, 7) is 3.25. The second kappa shape index (κ2) is 7.78. The fourth-order valence-corrected chi connectivity index (χ4v) is 2.68. The van der Waals surface area contributed by atoms with Crippen molar-refractivity contribution in [3.05, 3.63) is 54.4 Å². The highest BCUT2D eigenvalue weighted by Crippen LogP contribution is 2.21. The van der Waals surface area contributed by atoms with Crippen LogP contribution in [-0.2, 0) is 11.3 Å². The van der Waals surface area contributed by atoms with Crippen molar-refractivity contribution in [1.82, 2.24) is 20.0 Å². The molecule has 1 aromatic carbocycles. The summed E-state index contributed by atoms with van der Waals surface area (Å²) < 4.78 is 7.65. The summed E-state index contributed by atoms with van der Waals surface area (Å²) in [6, 6.07) is 11.9. The van der Waals surface area contributed by atoms with E-state index in [0.29, 0.717) is 26.2 Å². The van der Waals surface area contributed by atoms with Crippen molar-refractivity contribution in [2.45, 2.75) is 19.1 Å². The largest absolute Gasteiger partial charge is 0.370 e. The van der Waals surface area contributed by atoms with Crippen LogP contribution >= 0.6 is 0 Å². The second-order valence-electron chi connectivity index (χ2n) is 5.57. The molecule has 3 rings (SSSR count). The lowest BCUT2D eigenvalue weighted by Gasteiger charge is -2.33. The van der Waals surface area contributed by atoms with Crippen LogP contribution in [0.5, 0.6) is 0 Å². The molecule has 6 nitrogen and oxygen atoms in total.